The minimum Gasteiger partial charge on any atom is -0.467 e. The van der Waals surface area contributed by atoms with Crippen molar-refractivity contribution >= 4 is 28.5 Å². The number of nitrogens with one attached hydrogen (secondary N) is 2. The van der Waals surface area contributed by atoms with E-state index >= 15 is 0 Å². The van der Waals surface area contributed by atoms with Crippen LogP contribution in [-0.4, -0.2) is 20.1 Å². The van der Waals surface area contributed by atoms with Crippen LogP contribution in [-0.2, 0) is 13.2 Å². The highest BCUT2D eigenvalue weighted by atomic mass is 35.5. The molecular formula is C12H11ClN4O2. The molecule has 3 rings (SSSR count). The fraction of sp³-hybridized carbons (Fsp3) is 0.167. The summed E-state index contributed by atoms with van der Waals surface area (Å²) in [5, 5.41) is 13.3. The summed E-state index contributed by atoms with van der Waals surface area (Å²) in [6.45, 7) is 0.381. The minimum atomic E-state index is -0.0968. The second kappa shape index (κ2) is 4.91. The first-order chi connectivity index (χ1) is 9.28. The first-order valence-electron chi connectivity index (χ1n) is 5.68. The molecule has 0 amide bonds. The lowest BCUT2D eigenvalue weighted by atomic mass is 10.2. The van der Waals surface area contributed by atoms with Crippen molar-refractivity contribution in [3.05, 3.63) is 41.2 Å². The molecule has 0 aromatic carbocycles. The van der Waals surface area contributed by atoms with Gasteiger partial charge in [0.15, 0.2) is 0 Å². The van der Waals surface area contributed by atoms with Gasteiger partial charge >= 0.3 is 0 Å². The van der Waals surface area contributed by atoms with Crippen molar-refractivity contribution in [3.8, 4) is 0 Å². The number of anilines is 1. The maximum absolute atomic E-state index is 9.32. The maximum Gasteiger partial charge on any atom is 0.226 e. The molecule has 98 valence electrons. The van der Waals surface area contributed by atoms with Gasteiger partial charge in [-0.1, -0.05) is 0 Å². The standard InChI is InChI=1S/C12H11ClN4O2/c13-12-16-10-9(7(6-18)4-14-10)11(17-12)15-5-8-2-1-3-19-8/h1-4,18H,5-6H2,(H2,14,15,16,17). The van der Waals surface area contributed by atoms with Gasteiger partial charge in [0.05, 0.1) is 24.8 Å². The van der Waals surface area contributed by atoms with Gasteiger partial charge in [0, 0.05) is 11.8 Å². The molecule has 0 radical (unpaired) electrons. The molecular weight excluding hydrogens is 268 g/mol. The second-order valence-electron chi connectivity index (χ2n) is 3.97. The Kier molecular flexibility index (Phi) is 3.10. The number of furan rings is 1. The summed E-state index contributed by atoms with van der Waals surface area (Å²) in [6, 6.07) is 3.67. The van der Waals surface area contributed by atoms with Crippen molar-refractivity contribution < 1.29 is 9.52 Å². The molecule has 3 N–H and O–H groups in total. The summed E-state index contributed by atoms with van der Waals surface area (Å²) in [4.78, 5) is 11.2. The van der Waals surface area contributed by atoms with Gasteiger partial charge in [0.2, 0.25) is 5.28 Å². The van der Waals surface area contributed by atoms with Crippen LogP contribution in [0.4, 0.5) is 5.82 Å². The van der Waals surface area contributed by atoms with E-state index in [2.05, 4.69) is 20.3 Å². The lowest BCUT2D eigenvalue weighted by molar-refractivity contribution is 0.283. The molecule has 0 aliphatic heterocycles. The van der Waals surface area contributed by atoms with Gasteiger partial charge in [-0.15, -0.1) is 0 Å². The molecule has 3 heterocycles. The Bertz CT molecular complexity index is 693. The number of aliphatic hydroxyl groups is 1. The molecule has 3 aromatic heterocycles. The van der Waals surface area contributed by atoms with Gasteiger partial charge < -0.3 is 19.8 Å². The summed E-state index contributed by atoms with van der Waals surface area (Å²) in [5.41, 5.74) is 1.31. The van der Waals surface area contributed by atoms with Crippen molar-refractivity contribution in [2.24, 2.45) is 0 Å². The molecule has 7 heteroatoms. The lowest BCUT2D eigenvalue weighted by Gasteiger charge is -2.06. The van der Waals surface area contributed by atoms with Crippen molar-refractivity contribution in [1.29, 1.82) is 0 Å². The molecule has 0 spiro atoms. The molecule has 6 nitrogen and oxygen atoms in total. The molecule has 0 aliphatic rings. The summed E-state index contributed by atoms with van der Waals surface area (Å²) < 4.78 is 5.24. The van der Waals surface area contributed by atoms with Crippen molar-refractivity contribution in [1.82, 2.24) is 15.0 Å². The van der Waals surface area contributed by atoms with Crippen molar-refractivity contribution in [3.63, 3.8) is 0 Å². The third kappa shape index (κ3) is 2.27. The van der Waals surface area contributed by atoms with Gasteiger partial charge in [-0.05, 0) is 23.7 Å². The Labute approximate surface area is 113 Å². The van der Waals surface area contributed by atoms with Crippen molar-refractivity contribution in [2.45, 2.75) is 13.2 Å². The van der Waals surface area contributed by atoms with Crippen LogP contribution in [0.1, 0.15) is 11.3 Å². The van der Waals surface area contributed by atoms with Gasteiger partial charge in [-0.2, -0.15) is 4.98 Å². The van der Waals surface area contributed by atoms with E-state index in [1.165, 1.54) is 0 Å². The lowest BCUT2D eigenvalue weighted by Crippen LogP contribution is -2.02. The molecule has 0 unspecified atom stereocenters. The number of rotatable bonds is 4. The van der Waals surface area contributed by atoms with E-state index in [1.807, 2.05) is 12.1 Å². The number of aromatic amines is 1. The molecule has 0 fully saturated rings. The first kappa shape index (κ1) is 12.0. The van der Waals surface area contributed by atoms with Crippen LogP contribution in [0.2, 0.25) is 5.28 Å². The van der Waals surface area contributed by atoms with E-state index in [4.69, 9.17) is 16.0 Å². The fourth-order valence-electron chi connectivity index (χ4n) is 1.91. The quantitative estimate of drug-likeness (QED) is 0.638. The number of aromatic nitrogens is 3. The van der Waals surface area contributed by atoms with Crippen LogP contribution in [0.15, 0.2) is 29.0 Å². The van der Waals surface area contributed by atoms with E-state index in [1.54, 1.807) is 12.5 Å². The molecule has 0 atom stereocenters. The molecule has 3 aromatic rings. The van der Waals surface area contributed by atoms with Crippen LogP contribution >= 0.6 is 11.6 Å². The van der Waals surface area contributed by atoms with Gasteiger partial charge in [0.25, 0.3) is 0 Å². The number of fused-ring (bicyclic) bond motifs is 1. The van der Waals surface area contributed by atoms with Gasteiger partial charge in [-0.3, -0.25) is 0 Å². The minimum absolute atomic E-state index is 0.0968. The summed E-state index contributed by atoms with van der Waals surface area (Å²) in [7, 11) is 0. The average molecular weight is 279 g/mol. The average Bonchev–Trinajstić information content (AvgIpc) is 3.04. The van der Waals surface area contributed by atoms with Crippen LogP contribution in [0, 0.1) is 0 Å². The highest BCUT2D eigenvalue weighted by molar-refractivity contribution is 6.28. The molecule has 0 saturated heterocycles. The molecule has 0 bridgehead atoms. The number of halogens is 1. The van der Waals surface area contributed by atoms with Gasteiger partial charge in [-0.25, -0.2) is 4.98 Å². The van der Waals surface area contributed by atoms with E-state index in [9.17, 15) is 5.11 Å². The Morgan fingerprint density at radius 1 is 1.42 bits per heavy atom. The Morgan fingerprint density at radius 3 is 3.05 bits per heavy atom. The Hall–Kier alpha value is -2.05. The SMILES string of the molecule is OCc1c[nH]c2nc(Cl)nc(NCc3ccco3)c12. The normalized spacial score (nSPS) is 11.1. The number of hydrogen-bond donors (Lipinski definition) is 3. The summed E-state index contributed by atoms with van der Waals surface area (Å²) in [5.74, 6) is 1.35. The first-order valence-corrected chi connectivity index (χ1v) is 6.06. The Balaban J connectivity index is 1.98. The third-order valence-corrected chi connectivity index (χ3v) is 2.94. The molecule has 19 heavy (non-hydrogen) atoms. The van der Waals surface area contributed by atoms with Crippen LogP contribution in [0.5, 0.6) is 0 Å². The topological polar surface area (TPSA) is 87.0 Å². The number of H-pyrrole nitrogens is 1. The zero-order valence-corrected chi connectivity index (χ0v) is 10.6. The van der Waals surface area contributed by atoms with E-state index in [0.717, 1.165) is 11.1 Å². The van der Waals surface area contributed by atoms with Crippen LogP contribution in [0.3, 0.4) is 0 Å². The zero-order valence-electron chi connectivity index (χ0n) is 9.85. The predicted molar refractivity (Wildman–Crippen MR) is 70.9 cm³/mol. The second-order valence-corrected chi connectivity index (χ2v) is 4.31. The predicted octanol–water partition coefficient (Wildman–Crippen LogP) is 2.31. The zero-order chi connectivity index (χ0) is 13.2. The summed E-state index contributed by atoms with van der Waals surface area (Å²) >= 11 is 5.87. The molecule has 0 saturated carbocycles. The van der Waals surface area contributed by atoms with E-state index < -0.39 is 0 Å². The fourth-order valence-corrected chi connectivity index (χ4v) is 2.08. The van der Waals surface area contributed by atoms with Crippen LogP contribution in [0.25, 0.3) is 11.0 Å². The van der Waals surface area contributed by atoms with E-state index in [-0.39, 0.29) is 11.9 Å². The third-order valence-electron chi connectivity index (χ3n) is 2.77. The smallest absolute Gasteiger partial charge is 0.226 e. The number of hydrogen-bond acceptors (Lipinski definition) is 5. The van der Waals surface area contributed by atoms with E-state index in [0.29, 0.717) is 23.6 Å². The summed E-state index contributed by atoms with van der Waals surface area (Å²) in [6.07, 6.45) is 3.29. The maximum atomic E-state index is 9.32. The van der Waals surface area contributed by atoms with Gasteiger partial charge in [0.1, 0.15) is 17.2 Å². The largest absolute Gasteiger partial charge is 0.467 e. The molecule has 0 aliphatic carbocycles. The number of aliphatic hydroxyl groups excluding tert-OH is 1. The van der Waals surface area contributed by atoms with Crippen LogP contribution < -0.4 is 5.32 Å². The van der Waals surface area contributed by atoms with Crippen molar-refractivity contribution in [2.75, 3.05) is 5.32 Å². The monoisotopic (exact) mass is 278 g/mol. The highest BCUT2D eigenvalue weighted by Gasteiger charge is 2.12. The Morgan fingerprint density at radius 2 is 2.32 bits per heavy atom. The highest BCUT2D eigenvalue weighted by Crippen LogP contribution is 2.26. The number of nitrogens with zero attached hydrogens (tertiary/aromatic N) is 2.